The Balaban J connectivity index is 1.10. The fourth-order valence-electron chi connectivity index (χ4n) is 10.5. The Hall–Kier alpha value is -8.20. The molecular formula is C63H46N2. The first-order valence-corrected chi connectivity index (χ1v) is 22.6. The summed E-state index contributed by atoms with van der Waals surface area (Å²) in [6.45, 7) is 4.71. The van der Waals surface area contributed by atoms with Gasteiger partial charge in [0.25, 0.3) is 0 Å². The Labute approximate surface area is 381 Å². The van der Waals surface area contributed by atoms with Gasteiger partial charge in [0, 0.05) is 38.8 Å². The molecule has 1 aliphatic carbocycles. The third kappa shape index (κ3) is 6.40. The van der Waals surface area contributed by atoms with Crippen LogP contribution in [0.4, 0.5) is 17.1 Å². The van der Waals surface area contributed by atoms with Crippen molar-refractivity contribution in [3.8, 4) is 61.3 Å². The number of benzene rings is 10. The van der Waals surface area contributed by atoms with Crippen LogP contribution < -0.4 is 4.90 Å². The number of hydrogen-bond acceptors (Lipinski definition) is 1. The van der Waals surface area contributed by atoms with E-state index in [1.807, 2.05) is 0 Å². The molecule has 0 N–H and O–H groups in total. The van der Waals surface area contributed by atoms with Gasteiger partial charge in [-0.05, 0) is 116 Å². The van der Waals surface area contributed by atoms with Gasteiger partial charge in [0.15, 0.2) is 0 Å². The van der Waals surface area contributed by atoms with Crippen LogP contribution in [0.3, 0.4) is 0 Å². The molecule has 0 atom stereocenters. The SMILES string of the molecule is CC1(C)c2ccccc2-c2ccc(-c3ccc(N(c4ccc5c6ccccc6n(-c6ccccc6)c5c4)c4cccc(-c5ccccc5)c4-c4ccccc4-c4ccccc4)cc3)cc21. The topological polar surface area (TPSA) is 8.17 Å². The third-order valence-electron chi connectivity index (χ3n) is 13.6. The van der Waals surface area contributed by atoms with Crippen LogP contribution in [0.15, 0.2) is 243 Å². The Morgan fingerprint density at radius 2 is 0.892 bits per heavy atom. The fourth-order valence-corrected chi connectivity index (χ4v) is 10.5. The lowest BCUT2D eigenvalue weighted by molar-refractivity contribution is 0.660. The molecule has 1 heterocycles. The lowest BCUT2D eigenvalue weighted by Gasteiger charge is -2.30. The second-order valence-electron chi connectivity index (χ2n) is 17.7. The highest BCUT2D eigenvalue weighted by atomic mass is 15.1. The average molecular weight is 831 g/mol. The first-order valence-electron chi connectivity index (χ1n) is 22.6. The summed E-state index contributed by atoms with van der Waals surface area (Å²) in [4.78, 5) is 2.47. The van der Waals surface area contributed by atoms with Crippen molar-refractivity contribution in [2.24, 2.45) is 0 Å². The predicted octanol–water partition coefficient (Wildman–Crippen LogP) is 17.2. The van der Waals surface area contributed by atoms with Crippen molar-refractivity contribution in [3.63, 3.8) is 0 Å². The Bertz CT molecular complexity index is 3550. The van der Waals surface area contributed by atoms with Crippen molar-refractivity contribution >= 4 is 38.9 Å². The molecule has 308 valence electrons. The first kappa shape index (κ1) is 38.5. The van der Waals surface area contributed by atoms with Crippen LogP contribution in [0, 0.1) is 0 Å². The van der Waals surface area contributed by atoms with Gasteiger partial charge in [0.05, 0.1) is 16.7 Å². The van der Waals surface area contributed by atoms with Crippen LogP contribution in [0.5, 0.6) is 0 Å². The predicted molar refractivity (Wildman–Crippen MR) is 275 cm³/mol. The fraction of sp³-hybridized carbons (Fsp3) is 0.0476. The van der Waals surface area contributed by atoms with E-state index in [1.54, 1.807) is 0 Å². The number of fused-ring (bicyclic) bond motifs is 6. The zero-order valence-corrected chi connectivity index (χ0v) is 36.5. The lowest BCUT2D eigenvalue weighted by Crippen LogP contribution is -2.14. The highest BCUT2D eigenvalue weighted by Gasteiger charge is 2.35. The normalized spacial score (nSPS) is 12.6. The lowest BCUT2D eigenvalue weighted by atomic mass is 9.81. The van der Waals surface area contributed by atoms with Crippen LogP contribution in [-0.4, -0.2) is 4.57 Å². The number of anilines is 3. The first-order chi connectivity index (χ1) is 32.0. The largest absolute Gasteiger partial charge is 0.310 e. The maximum Gasteiger partial charge on any atom is 0.0561 e. The summed E-state index contributed by atoms with van der Waals surface area (Å²) < 4.78 is 2.41. The third-order valence-corrected chi connectivity index (χ3v) is 13.6. The summed E-state index contributed by atoms with van der Waals surface area (Å²) in [5.41, 5.74) is 21.6. The highest BCUT2D eigenvalue weighted by Crippen LogP contribution is 2.51. The van der Waals surface area contributed by atoms with E-state index in [4.69, 9.17) is 0 Å². The van der Waals surface area contributed by atoms with Gasteiger partial charge in [-0.2, -0.15) is 0 Å². The van der Waals surface area contributed by atoms with Crippen LogP contribution in [0.25, 0.3) is 83.1 Å². The summed E-state index contributed by atoms with van der Waals surface area (Å²) in [7, 11) is 0. The minimum atomic E-state index is -0.0737. The molecule has 1 aromatic heterocycles. The molecular weight excluding hydrogens is 785 g/mol. The van der Waals surface area contributed by atoms with Crippen molar-refractivity contribution in [3.05, 3.63) is 254 Å². The van der Waals surface area contributed by atoms with E-state index in [1.165, 1.54) is 83.1 Å². The van der Waals surface area contributed by atoms with Crippen LogP contribution in [0.1, 0.15) is 25.0 Å². The highest BCUT2D eigenvalue weighted by molar-refractivity contribution is 6.11. The minimum absolute atomic E-state index is 0.0737. The summed E-state index contributed by atoms with van der Waals surface area (Å²) in [5, 5.41) is 2.45. The van der Waals surface area contributed by atoms with E-state index in [2.05, 4.69) is 266 Å². The molecule has 0 unspecified atom stereocenters. The van der Waals surface area contributed by atoms with Gasteiger partial charge in [-0.3, -0.25) is 0 Å². The van der Waals surface area contributed by atoms with Gasteiger partial charge in [-0.25, -0.2) is 0 Å². The van der Waals surface area contributed by atoms with Gasteiger partial charge >= 0.3 is 0 Å². The molecule has 0 bridgehead atoms. The Morgan fingerprint density at radius 1 is 0.338 bits per heavy atom. The minimum Gasteiger partial charge on any atom is -0.310 e. The maximum absolute atomic E-state index is 2.47. The molecule has 0 radical (unpaired) electrons. The number of para-hydroxylation sites is 2. The number of hydrogen-bond donors (Lipinski definition) is 0. The van der Waals surface area contributed by atoms with Crippen molar-refractivity contribution < 1.29 is 0 Å². The smallest absolute Gasteiger partial charge is 0.0561 e. The van der Waals surface area contributed by atoms with Gasteiger partial charge in [-0.1, -0.05) is 202 Å². The van der Waals surface area contributed by atoms with E-state index in [-0.39, 0.29) is 5.41 Å². The monoisotopic (exact) mass is 830 g/mol. The van der Waals surface area contributed by atoms with E-state index in [9.17, 15) is 0 Å². The molecule has 0 aliphatic heterocycles. The summed E-state index contributed by atoms with van der Waals surface area (Å²) in [6.07, 6.45) is 0. The molecule has 2 nitrogen and oxygen atoms in total. The molecule has 0 saturated heterocycles. The van der Waals surface area contributed by atoms with Crippen molar-refractivity contribution in [1.29, 1.82) is 0 Å². The molecule has 2 heteroatoms. The second-order valence-corrected chi connectivity index (χ2v) is 17.7. The van der Waals surface area contributed by atoms with Gasteiger partial charge in [0.1, 0.15) is 0 Å². The molecule has 65 heavy (non-hydrogen) atoms. The van der Waals surface area contributed by atoms with E-state index < -0.39 is 0 Å². The number of rotatable bonds is 8. The van der Waals surface area contributed by atoms with Gasteiger partial charge < -0.3 is 9.47 Å². The van der Waals surface area contributed by atoms with Crippen LogP contribution >= 0.6 is 0 Å². The number of nitrogens with zero attached hydrogens (tertiary/aromatic N) is 2. The zero-order valence-electron chi connectivity index (χ0n) is 36.5. The van der Waals surface area contributed by atoms with E-state index in [0.717, 1.165) is 28.3 Å². The second kappa shape index (κ2) is 15.6. The zero-order chi connectivity index (χ0) is 43.5. The molecule has 0 amide bonds. The Kier molecular flexibility index (Phi) is 9.21. The van der Waals surface area contributed by atoms with E-state index >= 15 is 0 Å². The van der Waals surface area contributed by atoms with Gasteiger partial charge in [0.2, 0.25) is 0 Å². The van der Waals surface area contributed by atoms with E-state index in [0.29, 0.717) is 0 Å². The quantitative estimate of drug-likeness (QED) is 0.148. The summed E-state index contributed by atoms with van der Waals surface area (Å²) in [6, 6.07) is 89.0. The molecule has 1 aliphatic rings. The summed E-state index contributed by atoms with van der Waals surface area (Å²) in [5.74, 6) is 0. The van der Waals surface area contributed by atoms with Crippen molar-refractivity contribution in [1.82, 2.24) is 4.57 Å². The molecule has 11 aromatic rings. The molecule has 0 saturated carbocycles. The van der Waals surface area contributed by atoms with Crippen LogP contribution in [0.2, 0.25) is 0 Å². The average Bonchev–Trinajstić information content (AvgIpc) is 3.82. The summed E-state index contributed by atoms with van der Waals surface area (Å²) >= 11 is 0. The van der Waals surface area contributed by atoms with Gasteiger partial charge in [-0.15, -0.1) is 0 Å². The Morgan fingerprint density at radius 3 is 1.65 bits per heavy atom. The molecule has 0 spiro atoms. The van der Waals surface area contributed by atoms with Crippen LogP contribution in [-0.2, 0) is 5.41 Å². The molecule has 10 aromatic carbocycles. The maximum atomic E-state index is 2.47. The number of aromatic nitrogens is 1. The molecule has 0 fully saturated rings. The standard InChI is InChI=1S/C63H46N2/c1-63(2)57-30-16-14-26-52(57)53-39-35-46(41-58(53)63)43-33-36-48(37-34-43)64(49-38-40-55-54-27-15-17-31-59(54)65(61(55)42-49)47-23-10-5-11-24-47)60-32-18-29-51(45-21-8-4-9-22-45)62(60)56-28-13-12-25-50(56)44-19-6-3-7-20-44/h3-42H,1-2H3. The molecule has 12 rings (SSSR count). The van der Waals surface area contributed by atoms with Crippen molar-refractivity contribution in [2.45, 2.75) is 19.3 Å². The van der Waals surface area contributed by atoms with Crippen molar-refractivity contribution in [2.75, 3.05) is 4.90 Å².